The molecule has 0 heterocycles. The van der Waals surface area contributed by atoms with Crippen LogP contribution in [0, 0.1) is 0 Å². The lowest BCUT2D eigenvalue weighted by atomic mass is 10.1. The summed E-state index contributed by atoms with van der Waals surface area (Å²) in [6.07, 6.45) is 4.38. The molecule has 1 rings (SSSR count). The normalized spacial score (nSPS) is 12.4. The molecule has 0 saturated carbocycles. The molecular weight excluding hydrogens is 242 g/mol. The number of nitrogens with two attached hydrogens (primary N) is 1. The Balaban J connectivity index is 2.99. The number of carbonyl (C=O) groups is 1. The van der Waals surface area contributed by atoms with Crippen LogP contribution < -0.4 is 5.73 Å². The van der Waals surface area contributed by atoms with Gasteiger partial charge in [-0.1, -0.05) is 12.1 Å². The fourth-order valence-corrected chi connectivity index (χ4v) is 3.15. The first-order chi connectivity index (χ1) is 7.60. The molecule has 3 nitrogen and oxygen atoms in total. The molecule has 0 aliphatic heterocycles. The molecule has 1 aromatic rings. The Bertz CT molecular complexity index is 382. The summed E-state index contributed by atoms with van der Waals surface area (Å²) in [6.45, 7) is 0. The van der Waals surface area contributed by atoms with Gasteiger partial charge in [-0.2, -0.15) is 0 Å². The van der Waals surface area contributed by atoms with Gasteiger partial charge < -0.3 is 10.8 Å². The minimum absolute atomic E-state index is 0.375. The van der Waals surface area contributed by atoms with E-state index in [0.717, 1.165) is 10.5 Å². The van der Waals surface area contributed by atoms with E-state index >= 15 is 0 Å². The van der Waals surface area contributed by atoms with Gasteiger partial charge in [-0.3, -0.25) is 4.79 Å². The largest absolute Gasteiger partial charge is 0.480 e. The monoisotopic (exact) mass is 257 g/mol. The minimum atomic E-state index is -0.957. The third kappa shape index (κ3) is 3.17. The number of carboxylic acid groups (broad SMARTS) is 1. The standard InChI is InChI=1S/C11H15NO2S2/c1-15-9-5-3-4-7(10(9)16-2)6-8(12)11(13)14/h3-5,8H,6,12H2,1-2H3,(H,13,14). The van der Waals surface area contributed by atoms with E-state index in [1.807, 2.05) is 30.7 Å². The van der Waals surface area contributed by atoms with E-state index in [2.05, 4.69) is 0 Å². The average molecular weight is 257 g/mol. The Morgan fingerprint density at radius 1 is 1.44 bits per heavy atom. The van der Waals surface area contributed by atoms with Crippen LogP contribution >= 0.6 is 23.5 Å². The van der Waals surface area contributed by atoms with Crippen LogP contribution in [0.25, 0.3) is 0 Å². The third-order valence-corrected chi connectivity index (χ3v) is 4.04. The smallest absolute Gasteiger partial charge is 0.320 e. The minimum Gasteiger partial charge on any atom is -0.480 e. The molecule has 0 amide bonds. The van der Waals surface area contributed by atoms with Gasteiger partial charge in [0.25, 0.3) is 0 Å². The highest BCUT2D eigenvalue weighted by Crippen LogP contribution is 2.31. The summed E-state index contributed by atoms with van der Waals surface area (Å²) in [6, 6.07) is 5.08. The molecule has 0 aliphatic rings. The quantitative estimate of drug-likeness (QED) is 0.791. The number of carboxylic acids is 1. The summed E-state index contributed by atoms with van der Waals surface area (Å²) in [7, 11) is 0. The van der Waals surface area contributed by atoms with Crippen LogP contribution in [0.2, 0.25) is 0 Å². The number of benzene rings is 1. The van der Waals surface area contributed by atoms with Crippen molar-refractivity contribution in [2.24, 2.45) is 5.73 Å². The van der Waals surface area contributed by atoms with Crippen molar-refractivity contribution < 1.29 is 9.90 Å². The SMILES string of the molecule is CSc1cccc(CC(N)C(=O)O)c1SC. The zero-order valence-electron chi connectivity index (χ0n) is 9.27. The number of hydrogen-bond acceptors (Lipinski definition) is 4. The average Bonchev–Trinajstić information content (AvgIpc) is 2.28. The van der Waals surface area contributed by atoms with Gasteiger partial charge in [-0.15, -0.1) is 23.5 Å². The molecule has 0 saturated heterocycles. The second-order valence-electron chi connectivity index (χ2n) is 3.30. The van der Waals surface area contributed by atoms with Crippen molar-refractivity contribution in [2.45, 2.75) is 22.3 Å². The number of rotatable bonds is 5. The van der Waals surface area contributed by atoms with Crippen molar-refractivity contribution >= 4 is 29.5 Å². The number of aliphatic carboxylic acids is 1. The lowest BCUT2D eigenvalue weighted by molar-refractivity contribution is -0.138. The van der Waals surface area contributed by atoms with E-state index in [0.29, 0.717) is 6.42 Å². The van der Waals surface area contributed by atoms with Crippen LogP contribution in [0.3, 0.4) is 0 Å². The number of thioether (sulfide) groups is 2. The van der Waals surface area contributed by atoms with Gasteiger partial charge >= 0.3 is 5.97 Å². The molecule has 0 aromatic heterocycles. The highest BCUT2D eigenvalue weighted by atomic mass is 32.2. The summed E-state index contributed by atoms with van der Waals surface area (Å²) >= 11 is 3.29. The molecule has 3 N–H and O–H groups in total. The molecular formula is C11H15NO2S2. The first-order valence-corrected chi connectivity index (χ1v) is 7.23. The lowest BCUT2D eigenvalue weighted by Crippen LogP contribution is -2.32. The fraction of sp³-hybridized carbons (Fsp3) is 0.364. The molecule has 0 spiro atoms. The van der Waals surface area contributed by atoms with Crippen molar-refractivity contribution in [1.29, 1.82) is 0 Å². The number of hydrogen-bond donors (Lipinski definition) is 2. The first-order valence-electron chi connectivity index (χ1n) is 4.78. The van der Waals surface area contributed by atoms with Gasteiger partial charge in [0.1, 0.15) is 6.04 Å². The van der Waals surface area contributed by atoms with E-state index in [4.69, 9.17) is 10.8 Å². The molecule has 0 aliphatic carbocycles. The van der Waals surface area contributed by atoms with Gasteiger partial charge in [0.15, 0.2) is 0 Å². The van der Waals surface area contributed by atoms with Gasteiger partial charge in [-0.05, 0) is 30.6 Å². The predicted octanol–water partition coefficient (Wildman–Crippen LogP) is 2.08. The van der Waals surface area contributed by atoms with Crippen LogP contribution in [0.1, 0.15) is 5.56 Å². The Morgan fingerprint density at radius 2 is 2.12 bits per heavy atom. The fourth-order valence-electron chi connectivity index (χ4n) is 1.44. The van der Waals surface area contributed by atoms with Crippen molar-refractivity contribution in [3.63, 3.8) is 0 Å². The lowest BCUT2D eigenvalue weighted by Gasteiger charge is -2.13. The van der Waals surface area contributed by atoms with Crippen LogP contribution in [0.5, 0.6) is 0 Å². The Hall–Kier alpha value is -0.650. The molecule has 1 aromatic carbocycles. The topological polar surface area (TPSA) is 63.3 Å². The Kier molecular flexibility index (Phi) is 5.18. The predicted molar refractivity (Wildman–Crippen MR) is 69.3 cm³/mol. The molecule has 0 bridgehead atoms. The van der Waals surface area contributed by atoms with Gasteiger partial charge in [0.05, 0.1) is 0 Å². The zero-order valence-corrected chi connectivity index (χ0v) is 10.9. The molecule has 0 radical (unpaired) electrons. The zero-order chi connectivity index (χ0) is 12.1. The summed E-state index contributed by atoms with van der Waals surface area (Å²) in [5, 5.41) is 8.80. The third-order valence-electron chi connectivity index (χ3n) is 2.24. The first kappa shape index (κ1) is 13.4. The molecule has 0 fully saturated rings. The van der Waals surface area contributed by atoms with E-state index in [9.17, 15) is 4.79 Å². The molecule has 1 unspecified atom stereocenters. The van der Waals surface area contributed by atoms with Crippen LogP contribution in [-0.4, -0.2) is 29.6 Å². The molecule has 16 heavy (non-hydrogen) atoms. The maximum absolute atomic E-state index is 10.7. The van der Waals surface area contributed by atoms with Crippen molar-refractivity contribution in [3.05, 3.63) is 23.8 Å². The summed E-state index contributed by atoms with van der Waals surface area (Å²) < 4.78 is 0. The second kappa shape index (κ2) is 6.18. The van der Waals surface area contributed by atoms with Crippen LogP contribution in [0.4, 0.5) is 0 Å². The maximum Gasteiger partial charge on any atom is 0.320 e. The van der Waals surface area contributed by atoms with E-state index in [-0.39, 0.29) is 0 Å². The maximum atomic E-state index is 10.7. The summed E-state index contributed by atoms with van der Waals surface area (Å²) in [4.78, 5) is 13.0. The van der Waals surface area contributed by atoms with E-state index in [1.54, 1.807) is 23.5 Å². The molecule has 5 heteroatoms. The van der Waals surface area contributed by atoms with Gasteiger partial charge in [0.2, 0.25) is 0 Å². The van der Waals surface area contributed by atoms with Crippen molar-refractivity contribution in [1.82, 2.24) is 0 Å². The van der Waals surface area contributed by atoms with Crippen LogP contribution in [-0.2, 0) is 11.2 Å². The highest BCUT2D eigenvalue weighted by Gasteiger charge is 2.15. The Morgan fingerprint density at radius 3 is 2.62 bits per heavy atom. The Labute approximate surface area is 104 Å². The molecule has 88 valence electrons. The van der Waals surface area contributed by atoms with Gasteiger partial charge in [-0.25, -0.2) is 0 Å². The van der Waals surface area contributed by atoms with E-state index < -0.39 is 12.0 Å². The summed E-state index contributed by atoms with van der Waals surface area (Å²) in [5.41, 5.74) is 6.56. The second-order valence-corrected chi connectivity index (χ2v) is 4.97. The van der Waals surface area contributed by atoms with Crippen molar-refractivity contribution in [2.75, 3.05) is 12.5 Å². The molecule has 1 atom stereocenters. The van der Waals surface area contributed by atoms with Crippen LogP contribution in [0.15, 0.2) is 28.0 Å². The van der Waals surface area contributed by atoms with Gasteiger partial charge in [0, 0.05) is 9.79 Å². The van der Waals surface area contributed by atoms with Crippen molar-refractivity contribution in [3.8, 4) is 0 Å². The summed E-state index contributed by atoms with van der Waals surface area (Å²) in [5.74, 6) is -0.957. The highest BCUT2D eigenvalue weighted by molar-refractivity contribution is 8.01. The van der Waals surface area contributed by atoms with E-state index in [1.165, 1.54) is 4.90 Å².